The van der Waals surface area contributed by atoms with Crippen LogP contribution < -0.4 is 11.1 Å². The molecule has 0 atom stereocenters. The van der Waals surface area contributed by atoms with Gasteiger partial charge in [-0.2, -0.15) is 0 Å². The monoisotopic (exact) mass is 168 g/mol. The smallest absolute Gasteiger partial charge is 0.246 e. The molecule has 0 aliphatic carbocycles. The van der Waals surface area contributed by atoms with Crippen LogP contribution in [0.5, 0.6) is 0 Å². The molecule has 0 aliphatic heterocycles. The molecule has 0 spiro atoms. The molecule has 0 rings (SSSR count). The maximum Gasteiger partial charge on any atom is 0.246 e. The van der Waals surface area contributed by atoms with Crippen LogP contribution >= 0.6 is 0 Å². The summed E-state index contributed by atoms with van der Waals surface area (Å²) in [7, 11) is 0. The molecule has 4 nitrogen and oxygen atoms in total. The van der Waals surface area contributed by atoms with Crippen LogP contribution in [0.4, 0.5) is 0 Å². The van der Waals surface area contributed by atoms with Crippen LogP contribution in [0.3, 0.4) is 0 Å². The van der Waals surface area contributed by atoms with E-state index >= 15 is 0 Å². The zero-order chi connectivity index (χ0) is 9.72. The molecule has 0 saturated carbocycles. The van der Waals surface area contributed by atoms with Gasteiger partial charge >= 0.3 is 0 Å². The van der Waals surface area contributed by atoms with E-state index in [-0.39, 0.29) is 18.0 Å². The molecule has 0 aliphatic rings. The van der Waals surface area contributed by atoms with Gasteiger partial charge in [0.1, 0.15) is 0 Å². The predicted octanol–water partition coefficient (Wildman–Crippen LogP) is -0.280. The second kappa shape index (κ2) is 4.33. The van der Waals surface area contributed by atoms with Crippen molar-refractivity contribution in [2.75, 3.05) is 6.54 Å². The molecule has 0 radical (unpaired) electrons. The first-order chi connectivity index (χ1) is 5.45. The van der Waals surface area contributed by atoms with E-state index in [0.29, 0.717) is 5.57 Å². The number of hydrogen-bond donors (Lipinski definition) is 2. The van der Waals surface area contributed by atoms with Crippen LogP contribution in [0.2, 0.25) is 0 Å². The molecular weight excluding hydrogens is 156 g/mol. The Morgan fingerprint density at radius 1 is 1.42 bits per heavy atom. The van der Waals surface area contributed by atoms with Gasteiger partial charge in [-0.3, -0.25) is 9.59 Å². The number of rotatable bonds is 4. The Kier molecular flexibility index (Phi) is 3.76. The zero-order valence-electron chi connectivity index (χ0n) is 7.02. The Hall–Kier alpha value is -1.58. The molecule has 0 aromatic carbocycles. The van der Waals surface area contributed by atoms with Gasteiger partial charge in [0.2, 0.25) is 11.8 Å². The van der Waals surface area contributed by atoms with E-state index in [0.717, 1.165) is 0 Å². The van der Waals surface area contributed by atoms with Gasteiger partial charge in [-0.1, -0.05) is 13.2 Å². The lowest BCUT2D eigenvalue weighted by molar-refractivity contribution is -0.117. The summed E-state index contributed by atoms with van der Waals surface area (Å²) in [6, 6.07) is 0. The lowest BCUT2D eigenvalue weighted by Crippen LogP contribution is -2.29. The maximum absolute atomic E-state index is 10.9. The third-order valence-corrected chi connectivity index (χ3v) is 1.20. The number of amides is 2. The van der Waals surface area contributed by atoms with Gasteiger partial charge in [-0.25, -0.2) is 0 Å². The normalized spacial score (nSPS) is 8.75. The average Bonchev–Trinajstić information content (AvgIpc) is 1.98. The van der Waals surface area contributed by atoms with Crippen molar-refractivity contribution in [3.05, 3.63) is 24.3 Å². The number of primary amides is 1. The molecule has 0 heterocycles. The molecule has 4 heteroatoms. The fourth-order valence-electron chi connectivity index (χ4n) is 0.425. The van der Waals surface area contributed by atoms with Crippen molar-refractivity contribution in [1.82, 2.24) is 5.32 Å². The van der Waals surface area contributed by atoms with Crippen LogP contribution in [0.1, 0.15) is 6.92 Å². The first kappa shape index (κ1) is 10.4. The highest BCUT2D eigenvalue weighted by molar-refractivity contribution is 5.95. The molecule has 0 bridgehead atoms. The van der Waals surface area contributed by atoms with E-state index in [4.69, 9.17) is 5.73 Å². The Morgan fingerprint density at radius 3 is 2.25 bits per heavy atom. The Bertz CT molecular complexity index is 217. The fourth-order valence-corrected chi connectivity index (χ4v) is 0.425. The zero-order valence-corrected chi connectivity index (χ0v) is 7.02. The SMILES string of the molecule is C=C(C)C(=O)NCC(=C)C(N)=O. The Morgan fingerprint density at radius 2 is 1.92 bits per heavy atom. The van der Waals surface area contributed by atoms with Crippen LogP contribution in [-0.2, 0) is 9.59 Å². The van der Waals surface area contributed by atoms with Crippen LogP contribution in [0.15, 0.2) is 24.3 Å². The molecule has 3 N–H and O–H groups in total. The number of nitrogens with one attached hydrogen (secondary N) is 1. The van der Waals surface area contributed by atoms with Crippen LogP contribution in [0, 0.1) is 0 Å². The van der Waals surface area contributed by atoms with E-state index in [1.807, 2.05) is 0 Å². The summed E-state index contributed by atoms with van der Waals surface area (Å²) in [4.78, 5) is 21.3. The quantitative estimate of drug-likeness (QED) is 0.567. The summed E-state index contributed by atoms with van der Waals surface area (Å²) in [5.74, 6) is -0.922. The minimum absolute atomic E-state index is 0.0705. The van der Waals surface area contributed by atoms with Gasteiger partial charge in [0, 0.05) is 17.7 Å². The maximum atomic E-state index is 10.9. The third kappa shape index (κ3) is 3.55. The first-order valence-corrected chi connectivity index (χ1v) is 3.36. The van der Waals surface area contributed by atoms with Gasteiger partial charge in [-0.15, -0.1) is 0 Å². The fraction of sp³-hybridized carbons (Fsp3) is 0.250. The van der Waals surface area contributed by atoms with Crippen molar-refractivity contribution in [3.63, 3.8) is 0 Å². The summed E-state index contributed by atoms with van der Waals surface area (Å²) in [6.45, 7) is 8.43. The molecule has 0 saturated heterocycles. The molecule has 0 unspecified atom stereocenters. The summed E-state index contributed by atoms with van der Waals surface area (Å²) >= 11 is 0. The van der Waals surface area contributed by atoms with Gasteiger partial charge in [-0.05, 0) is 6.92 Å². The Balaban J connectivity index is 3.85. The summed E-state index contributed by atoms with van der Waals surface area (Å²) in [5.41, 5.74) is 5.44. The summed E-state index contributed by atoms with van der Waals surface area (Å²) in [5, 5.41) is 2.42. The van der Waals surface area contributed by atoms with Crippen molar-refractivity contribution in [3.8, 4) is 0 Å². The van der Waals surface area contributed by atoms with E-state index in [2.05, 4.69) is 18.5 Å². The molecule has 0 aromatic heterocycles. The highest BCUT2D eigenvalue weighted by Crippen LogP contribution is 1.88. The molecule has 2 amide bonds. The van der Waals surface area contributed by atoms with Crippen LogP contribution in [-0.4, -0.2) is 18.4 Å². The van der Waals surface area contributed by atoms with Crippen molar-refractivity contribution in [1.29, 1.82) is 0 Å². The van der Waals surface area contributed by atoms with Gasteiger partial charge in [0.15, 0.2) is 0 Å². The predicted molar refractivity (Wildman–Crippen MR) is 46.2 cm³/mol. The van der Waals surface area contributed by atoms with Gasteiger partial charge in [0.05, 0.1) is 0 Å². The second-order valence-electron chi connectivity index (χ2n) is 2.43. The number of carbonyl (C=O) groups is 2. The summed E-state index contributed by atoms with van der Waals surface area (Å²) in [6.07, 6.45) is 0. The van der Waals surface area contributed by atoms with Crippen molar-refractivity contribution < 1.29 is 9.59 Å². The Labute approximate surface area is 71.1 Å². The van der Waals surface area contributed by atoms with E-state index in [1.54, 1.807) is 6.92 Å². The lowest BCUT2D eigenvalue weighted by Gasteiger charge is -2.03. The number of nitrogens with two attached hydrogens (primary N) is 1. The third-order valence-electron chi connectivity index (χ3n) is 1.20. The van der Waals surface area contributed by atoms with E-state index < -0.39 is 5.91 Å². The van der Waals surface area contributed by atoms with Crippen molar-refractivity contribution >= 4 is 11.8 Å². The number of carbonyl (C=O) groups excluding carboxylic acids is 2. The number of hydrogen-bond acceptors (Lipinski definition) is 2. The average molecular weight is 168 g/mol. The van der Waals surface area contributed by atoms with Crippen molar-refractivity contribution in [2.45, 2.75) is 6.92 Å². The van der Waals surface area contributed by atoms with Gasteiger partial charge < -0.3 is 11.1 Å². The van der Waals surface area contributed by atoms with Crippen molar-refractivity contribution in [2.24, 2.45) is 5.73 Å². The largest absolute Gasteiger partial charge is 0.366 e. The highest BCUT2D eigenvalue weighted by atomic mass is 16.2. The van der Waals surface area contributed by atoms with Gasteiger partial charge in [0.25, 0.3) is 0 Å². The molecule has 0 fully saturated rings. The minimum Gasteiger partial charge on any atom is -0.366 e. The molecule has 66 valence electrons. The first-order valence-electron chi connectivity index (χ1n) is 3.36. The van der Waals surface area contributed by atoms with E-state index in [1.165, 1.54) is 0 Å². The standard InChI is InChI=1S/C8H12N2O2/c1-5(2)8(12)10-4-6(3)7(9)11/h1,3-4H2,2H3,(H2,9,11)(H,10,12). The topological polar surface area (TPSA) is 72.2 Å². The van der Waals surface area contributed by atoms with E-state index in [9.17, 15) is 9.59 Å². The van der Waals surface area contributed by atoms with Crippen LogP contribution in [0.25, 0.3) is 0 Å². The molecular formula is C8H12N2O2. The lowest BCUT2D eigenvalue weighted by atomic mass is 10.2. The highest BCUT2D eigenvalue weighted by Gasteiger charge is 2.04. The molecule has 0 aromatic rings. The second-order valence-corrected chi connectivity index (χ2v) is 2.43. The minimum atomic E-state index is -0.614. The summed E-state index contributed by atoms with van der Waals surface area (Å²) < 4.78 is 0. The molecule has 12 heavy (non-hydrogen) atoms.